The van der Waals surface area contributed by atoms with Crippen LogP contribution in [0.5, 0.6) is 5.75 Å². The van der Waals surface area contributed by atoms with Gasteiger partial charge in [-0.2, -0.15) is 0 Å². The molecule has 0 spiro atoms. The van der Waals surface area contributed by atoms with Gasteiger partial charge in [-0.3, -0.25) is 9.59 Å². The number of hydrogen-bond donors (Lipinski definition) is 1. The zero-order chi connectivity index (χ0) is 24.1. The molecule has 1 unspecified atom stereocenters. The molecule has 0 heterocycles. The minimum atomic E-state index is -0.630. The van der Waals surface area contributed by atoms with Crippen molar-refractivity contribution in [2.45, 2.75) is 78.9 Å². The summed E-state index contributed by atoms with van der Waals surface area (Å²) in [4.78, 5) is 27.6. The number of ether oxygens (including phenoxy) is 1. The molecule has 0 aromatic heterocycles. The van der Waals surface area contributed by atoms with E-state index in [1.54, 1.807) is 11.8 Å². The van der Waals surface area contributed by atoms with Crippen LogP contribution in [0.25, 0.3) is 0 Å². The van der Waals surface area contributed by atoms with Gasteiger partial charge in [-0.1, -0.05) is 62.7 Å². The first-order chi connectivity index (χ1) is 14.8. The number of aryl methyl sites for hydroxylation is 1. The van der Waals surface area contributed by atoms with Gasteiger partial charge in [-0.25, -0.2) is 0 Å². The van der Waals surface area contributed by atoms with Crippen LogP contribution in [0.1, 0.15) is 65.2 Å². The second-order valence-corrected chi connectivity index (χ2v) is 10.5. The lowest BCUT2D eigenvalue weighted by molar-refractivity contribution is -0.142. The average molecular weight is 439 g/mol. The molecule has 2 aromatic rings. The summed E-state index contributed by atoms with van der Waals surface area (Å²) in [6.07, 6.45) is 0. The number of amides is 2. The van der Waals surface area contributed by atoms with Crippen molar-refractivity contribution in [1.82, 2.24) is 10.2 Å². The molecule has 0 radical (unpaired) electrons. The van der Waals surface area contributed by atoms with Gasteiger partial charge in [0.15, 0.2) is 6.61 Å². The molecule has 0 saturated heterocycles. The highest BCUT2D eigenvalue weighted by molar-refractivity contribution is 5.88. The fraction of sp³-hybridized carbons (Fsp3) is 0.481. The molecule has 2 amide bonds. The summed E-state index contributed by atoms with van der Waals surface area (Å²) in [5, 5.41) is 2.97. The van der Waals surface area contributed by atoms with E-state index in [0.717, 1.165) is 11.1 Å². The monoisotopic (exact) mass is 438 g/mol. The van der Waals surface area contributed by atoms with E-state index in [9.17, 15) is 9.59 Å². The second-order valence-electron chi connectivity index (χ2n) is 10.5. The molecule has 2 aromatic carbocycles. The molecular weight excluding hydrogens is 400 g/mol. The topological polar surface area (TPSA) is 58.6 Å². The van der Waals surface area contributed by atoms with Crippen molar-refractivity contribution in [1.29, 1.82) is 0 Å². The highest BCUT2D eigenvalue weighted by Gasteiger charge is 2.28. The Hall–Kier alpha value is -2.82. The Balaban J connectivity index is 2.16. The molecule has 0 fully saturated rings. The first-order valence-electron chi connectivity index (χ1n) is 11.2. The van der Waals surface area contributed by atoms with Crippen LogP contribution in [-0.2, 0) is 21.5 Å². The van der Waals surface area contributed by atoms with Gasteiger partial charge in [0.05, 0.1) is 0 Å². The van der Waals surface area contributed by atoms with Crippen LogP contribution in [0, 0.1) is 6.92 Å². The predicted molar refractivity (Wildman–Crippen MR) is 130 cm³/mol. The van der Waals surface area contributed by atoms with Crippen molar-refractivity contribution in [3.63, 3.8) is 0 Å². The quantitative estimate of drug-likeness (QED) is 0.662. The lowest BCUT2D eigenvalue weighted by Crippen LogP contribution is -2.53. The van der Waals surface area contributed by atoms with Gasteiger partial charge in [-0.05, 0) is 63.3 Å². The summed E-state index contributed by atoms with van der Waals surface area (Å²) in [5.74, 6) is 0.213. The minimum absolute atomic E-state index is 0.0504. The molecule has 32 heavy (non-hydrogen) atoms. The van der Waals surface area contributed by atoms with E-state index in [0.29, 0.717) is 12.3 Å². The Labute approximate surface area is 193 Å². The number of nitrogens with zero attached hydrogens (tertiary/aromatic N) is 1. The summed E-state index contributed by atoms with van der Waals surface area (Å²) in [6.45, 7) is 16.2. The smallest absolute Gasteiger partial charge is 0.261 e. The van der Waals surface area contributed by atoms with Crippen LogP contribution in [-0.4, -0.2) is 34.9 Å². The molecule has 5 nitrogen and oxygen atoms in total. The van der Waals surface area contributed by atoms with Gasteiger partial charge in [0.1, 0.15) is 11.8 Å². The number of benzene rings is 2. The number of carbonyl (C=O) groups excluding carboxylic acids is 2. The molecule has 0 aliphatic heterocycles. The first-order valence-corrected chi connectivity index (χ1v) is 11.2. The Bertz CT molecular complexity index is 921. The van der Waals surface area contributed by atoms with Crippen LogP contribution >= 0.6 is 0 Å². The van der Waals surface area contributed by atoms with E-state index < -0.39 is 6.04 Å². The van der Waals surface area contributed by atoms with Crippen LogP contribution in [0.4, 0.5) is 0 Å². The van der Waals surface area contributed by atoms with Crippen molar-refractivity contribution in [2.75, 3.05) is 6.61 Å². The Morgan fingerprint density at radius 1 is 1.00 bits per heavy atom. The van der Waals surface area contributed by atoms with Gasteiger partial charge in [-0.15, -0.1) is 0 Å². The van der Waals surface area contributed by atoms with Gasteiger partial charge in [0.25, 0.3) is 5.91 Å². The minimum Gasteiger partial charge on any atom is -0.484 e. The van der Waals surface area contributed by atoms with Crippen LogP contribution in [0.2, 0.25) is 0 Å². The van der Waals surface area contributed by atoms with Crippen molar-refractivity contribution < 1.29 is 14.3 Å². The summed E-state index contributed by atoms with van der Waals surface area (Å²) >= 11 is 0. The van der Waals surface area contributed by atoms with E-state index in [1.165, 1.54) is 5.56 Å². The van der Waals surface area contributed by atoms with Crippen molar-refractivity contribution in [3.05, 3.63) is 65.2 Å². The molecule has 2 rings (SSSR count). The molecular formula is C27H38N2O3. The van der Waals surface area contributed by atoms with Gasteiger partial charge < -0.3 is 15.0 Å². The van der Waals surface area contributed by atoms with E-state index in [4.69, 9.17) is 4.74 Å². The normalized spacial score (nSPS) is 12.8. The Kier molecular flexibility index (Phi) is 8.11. The molecule has 0 saturated carbocycles. The largest absolute Gasteiger partial charge is 0.484 e. The van der Waals surface area contributed by atoms with Gasteiger partial charge >= 0.3 is 0 Å². The number of nitrogens with one attached hydrogen (secondary N) is 1. The molecule has 174 valence electrons. The lowest BCUT2D eigenvalue weighted by Gasteiger charge is -2.31. The standard InChI is InChI=1S/C27H38N2O3/c1-19-10-9-11-21(16-19)17-29(20(2)25(31)28-27(6,7)8)24(30)18-32-23-14-12-22(13-15-23)26(3,4)5/h9-16,20H,17-18H2,1-8H3,(H,28,31). The highest BCUT2D eigenvalue weighted by atomic mass is 16.5. The van der Waals surface area contributed by atoms with E-state index >= 15 is 0 Å². The summed E-state index contributed by atoms with van der Waals surface area (Å²) in [5.41, 5.74) is 2.95. The molecule has 1 N–H and O–H groups in total. The second kappa shape index (κ2) is 10.2. The van der Waals surface area contributed by atoms with Crippen molar-refractivity contribution in [2.24, 2.45) is 0 Å². The van der Waals surface area contributed by atoms with Crippen LogP contribution < -0.4 is 10.1 Å². The SMILES string of the molecule is Cc1cccc(CN(C(=O)COc2ccc(C(C)(C)C)cc2)C(C)C(=O)NC(C)(C)C)c1. The highest BCUT2D eigenvalue weighted by Crippen LogP contribution is 2.24. The Morgan fingerprint density at radius 2 is 1.62 bits per heavy atom. The van der Waals surface area contributed by atoms with Crippen molar-refractivity contribution in [3.8, 4) is 5.75 Å². The molecule has 0 aliphatic rings. The lowest BCUT2D eigenvalue weighted by atomic mass is 9.87. The summed E-state index contributed by atoms with van der Waals surface area (Å²) in [6, 6.07) is 15.1. The van der Waals surface area contributed by atoms with E-state index in [1.807, 2.05) is 76.2 Å². The fourth-order valence-electron chi connectivity index (χ4n) is 3.34. The van der Waals surface area contributed by atoms with Gasteiger partial charge in [0, 0.05) is 12.1 Å². The van der Waals surface area contributed by atoms with E-state index in [-0.39, 0.29) is 29.4 Å². The zero-order valence-corrected chi connectivity index (χ0v) is 20.8. The first kappa shape index (κ1) is 25.4. The zero-order valence-electron chi connectivity index (χ0n) is 20.8. The average Bonchev–Trinajstić information content (AvgIpc) is 2.68. The third kappa shape index (κ3) is 7.70. The predicted octanol–water partition coefficient (Wildman–Crippen LogP) is 5.00. The van der Waals surface area contributed by atoms with Crippen molar-refractivity contribution >= 4 is 11.8 Å². The maximum atomic E-state index is 13.2. The molecule has 1 atom stereocenters. The molecule has 0 bridgehead atoms. The van der Waals surface area contributed by atoms with E-state index in [2.05, 4.69) is 26.1 Å². The number of carbonyl (C=O) groups is 2. The third-order valence-electron chi connectivity index (χ3n) is 5.18. The fourth-order valence-corrected chi connectivity index (χ4v) is 3.34. The molecule has 0 aliphatic carbocycles. The maximum absolute atomic E-state index is 13.2. The maximum Gasteiger partial charge on any atom is 0.261 e. The number of hydrogen-bond acceptors (Lipinski definition) is 3. The van der Waals surface area contributed by atoms with Gasteiger partial charge in [0.2, 0.25) is 5.91 Å². The number of rotatable bonds is 7. The third-order valence-corrected chi connectivity index (χ3v) is 5.18. The summed E-state index contributed by atoms with van der Waals surface area (Å²) in [7, 11) is 0. The summed E-state index contributed by atoms with van der Waals surface area (Å²) < 4.78 is 5.79. The van der Waals surface area contributed by atoms with Crippen LogP contribution in [0.3, 0.4) is 0 Å². The molecule has 5 heteroatoms. The van der Waals surface area contributed by atoms with Crippen LogP contribution in [0.15, 0.2) is 48.5 Å². The Morgan fingerprint density at radius 3 is 2.16 bits per heavy atom.